The average Bonchev–Trinajstić information content (AvgIpc) is 2.71. The van der Waals surface area contributed by atoms with Gasteiger partial charge in [0.05, 0.1) is 0 Å². The third-order valence-corrected chi connectivity index (χ3v) is 2.77. The highest BCUT2D eigenvalue weighted by Gasteiger charge is 2.03. The van der Waals surface area contributed by atoms with Crippen LogP contribution >= 0.6 is 0 Å². The number of aryl methyl sites for hydroxylation is 1. The number of nitrogens with zero attached hydrogens (tertiary/aromatic N) is 1. The van der Waals surface area contributed by atoms with Crippen molar-refractivity contribution in [2.45, 2.75) is 19.5 Å². The van der Waals surface area contributed by atoms with Crippen LogP contribution in [0.25, 0.3) is 10.9 Å². The number of benzene rings is 1. The molecule has 16 heavy (non-hydrogen) atoms. The van der Waals surface area contributed by atoms with Crippen LogP contribution in [-0.4, -0.2) is 11.6 Å². The van der Waals surface area contributed by atoms with Crippen molar-refractivity contribution in [3.8, 4) is 12.3 Å². The number of nitrogens with one attached hydrogen (secondary N) is 1. The molecule has 1 heterocycles. The molecular formula is C14H16N2. The maximum Gasteiger partial charge on any atom is 0.0483 e. The van der Waals surface area contributed by atoms with Crippen LogP contribution in [0.1, 0.15) is 12.0 Å². The summed E-state index contributed by atoms with van der Waals surface area (Å²) >= 11 is 0. The van der Waals surface area contributed by atoms with Crippen LogP contribution in [-0.2, 0) is 13.1 Å². The Bertz CT molecular complexity index is 517. The quantitative estimate of drug-likeness (QED) is 0.770. The van der Waals surface area contributed by atoms with Crippen LogP contribution in [0.15, 0.2) is 30.5 Å². The smallest absolute Gasteiger partial charge is 0.0483 e. The zero-order chi connectivity index (χ0) is 11.4. The summed E-state index contributed by atoms with van der Waals surface area (Å²) in [6.45, 7) is 1.79. The molecule has 0 fully saturated rings. The first-order valence-electron chi connectivity index (χ1n) is 5.51. The van der Waals surface area contributed by atoms with Gasteiger partial charge in [-0.25, -0.2) is 0 Å². The second kappa shape index (κ2) is 4.87. The van der Waals surface area contributed by atoms with Crippen molar-refractivity contribution in [3.05, 3.63) is 36.0 Å². The van der Waals surface area contributed by atoms with Gasteiger partial charge in [-0.15, -0.1) is 12.3 Å². The van der Waals surface area contributed by atoms with Crippen molar-refractivity contribution in [1.82, 2.24) is 9.88 Å². The molecular weight excluding hydrogens is 196 g/mol. The van der Waals surface area contributed by atoms with E-state index in [1.165, 1.54) is 16.5 Å². The van der Waals surface area contributed by atoms with Crippen LogP contribution in [0.3, 0.4) is 0 Å². The van der Waals surface area contributed by atoms with Crippen LogP contribution in [0.4, 0.5) is 0 Å². The van der Waals surface area contributed by atoms with Crippen molar-refractivity contribution >= 4 is 10.9 Å². The number of hydrogen-bond acceptors (Lipinski definition) is 1. The van der Waals surface area contributed by atoms with Crippen molar-refractivity contribution < 1.29 is 0 Å². The van der Waals surface area contributed by atoms with Gasteiger partial charge in [-0.3, -0.25) is 0 Å². The third kappa shape index (κ3) is 1.95. The predicted octanol–water partition coefficient (Wildman–Crippen LogP) is 2.38. The Labute approximate surface area is 96.3 Å². The lowest BCUT2D eigenvalue weighted by atomic mass is 10.1. The third-order valence-electron chi connectivity index (χ3n) is 2.77. The van der Waals surface area contributed by atoms with Crippen LogP contribution in [0.2, 0.25) is 0 Å². The Morgan fingerprint density at radius 3 is 3.00 bits per heavy atom. The van der Waals surface area contributed by atoms with E-state index in [1.54, 1.807) is 0 Å². The minimum absolute atomic E-state index is 0.778. The average molecular weight is 212 g/mol. The Morgan fingerprint density at radius 1 is 1.38 bits per heavy atom. The van der Waals surface area contributed by atoms with E-state index >= 15 is 0 Å². The largest absolute Gasteiger partial charge is 0.347 e. The summed E-state index contributed by atoms with van der Waals surface area (Å²) in [5.41, 5.74) is 2.60. The van der Waals surface area contributed by atoms with E-state index in [0.29, 0.717) is 0 Å². The Balaban J connectivity index is 2.41. The predicted molar refractivity (Wildman–Crippen MR) is 68.2 cm³/mol. The SMILES string of the molecule is C#CCCn1ccc2c(CNC)cccc21. The highest BCUT2D eigenvalue weighted by molar-refractivity contribution is 5.83. The van der Waals surface area contributed by atoms with Gasteiger partial charge in [0.15, 0.2) is 0 Å². The molecule has 0 saturated heterocycles. The molecule has 0 saturated carbocycles. The lowest BCUT2D eigenvalue weighted by Crippen LogP contribution is -2.05. The van der Waals surface area contributed by atoms with Gasteiger partial charge < -0.3 is 9.88 Å². The molecule has 1 aromatic heterocycles. The van der Waals surface area contributed by atoms with Crippen molar-refractivity contribution in [1.29, 1.82) is 0 Å². The Morgan fingerprint density at radius 2 is 2.25 bits per heavy atom. The van der Waals surface area contributed by atoms with Crippen molar-refractivity contribution in [2.75, 3.05) is 7.05 Å². The van der Waals surface area contributed by atoms with Crippen LogP contribution < -0.4 is 5.32 Å². The zero-order valence-electron chi connectivity index (χ0n) is 9.53. The normalized spacial score (nSPS) is 10.5. The van der Waals surface area contributed by atoms with Gasteiger partial charge in [-0.05, 0) is 24.7 Å². The molecule has 0 aliphatic carbocycles. The van der Waals surface area contributed by atoms with E-state index in [0.717, 1.165) is 19.5 Å². The lowest BCUT2D eigenvalue weighted by molar-refractivity contribution is 0.749. The monoisotopic (exact) mass is 212 g/mol. The van der Waals surface area contributed by atoms with E-state index in [9.17, 15) is 0 Å². The summed E-state index contributed by atoms with van der Waals surface area (Å²) in [6, 6.07) is 8.56. The molecule has 0 atom stereocenters. The molecule has 0 unspecified atom stereocenters. The number of hydrogen-bond donors (Lipinski definition) is 1. The summed E-state index contributed by atoms with van der Waals surface area (Å²) in [5, 5.41) is 4.50. The fourth-order valence-corrected chi connectivity index (χ4v) is 2.01. The fraction of sp³-hybridized carbons (Fsp3) is 0.286. The molecule has 82 valence electrons. The van der Waals surface area contributed by atoms with Gasteiger partial charge in [-0.1, -0.05) is 12.1 Å². The second-order valence-corrected chi connectivity index (χ2v) is 3.84. The molecule has 0 bridgehead atoms. The first-order valence-corrected chi connectivity index (χ1v) is 5.51. The lowest BCUT2D eigenvalue weighted by Gasteiger charge is -2.05. The molecule has 0 aliphatic heterocycles. The van der Waals surface area contributed by atoms with Gasteiger partial charge in [0.1, 0.15) is 0 Å². The highest BCUT2D eigenvalue weighted by atomic mass is 14.9. The van der Waals surface area contributed by atoms with Gasteiger partial charge in [-0.2, -0.15) is 0 Å². The standard InChI is InChI=1S/C14H16N2/c1-3-4-9-16-10-8-13-12(11-15-2)6-5-7-14(13)16/h1,5-8,10,15H,4,9,11H2,2H3. The highest BCUT2D eigenvalue weighted by Crippen LogP contribution is 2.20. The molecule has 2 nitrogen and oxygen atoms in total. The van der Waals surface area contributed by atoms with E-state index < -0.39 is 0 Å². The molecule has 0 spiro atoms. The summed E-state index contributed by atoms with van der Waals surface area (Å²) in [5.74, 6) is 2.68. The Hall–Kier alpha value is -1.72. The molecule has 1 aromatic carbocycles. The molecule has 2 rings (SSSR count). The molecule has 0 amide bonds. The first kappa shape index (κ1) is 10.8. The van der Waals surface area contributed by atoms with Gasteiger partial charge in [0, 0.05) is 36.6 Å². The van der Waals surface area contributed by atoms with E-state index in [4.69, 9.17) is 6.42 Å². The van der Waals surface area contributed by atoms with E-state index in [1.807, 2.05) is 7.05 Å². The van der Waals surface area contributed by atoms with Gasteiger partial charge >= 0.3 is 0 Å². The maximum absolute atomic E-state index is 5.29. The molecule has 1 N–H and O–H groups in total. The number of rotatable bonds is 4. The molecule has 2 aromatic rings. The number of aromatic nitrogens is 1. The minimum atomic E-state index is 0.778. The number of terminal acetylenes is 1. The molecule has 2 heteroatoms. The second-order valence-electron chi connectivity index (χ2n) is 3.84. The summed E-state index contributed by atoms with van der Waals surface area (Å²) in [4.78, 5) is 0. The van der Waals surface area contributed by atoms with E-state index in [2.05, 4.69) is 46.3 Å². The Kier molecular flexibility index (Phi) is 3.28. The fourth-order valence-electron chi connectivity index (χ4n) is 2.01. The molecule has 0 radical (unpaired) electrons. The molecule has 0 aliphatic rings. The minimum Gasteiger partial charge on any atom is -0.347 e. The maximum atomic E-state index is 5.29. The zero-order valence-corrected chi connectivity index (χ0v) is 9.53. The topological polar surface area (TPSA) is 17.0 Å². The summed E-state index contributed by atoms with van der Waals surface area (Å²) in [7, 11) is 1.97. The van der Waals surface area contributed by atoms with Crippen molar-refractivity contribution in [3.63, 3.8) is 0 Å². The summed E-state index contributed by atoms with van der Waals surface area (Å²) in [6.07, 6.45) is 8.18. The van der Waals surface area contributed by atoms with Gasteiger partial charge in [0.2, 0.25) is 0 Å². The number of fused-ring (bicyclic) bond motifs is 1. The summed E-state index contributed by atoms with van der Waals surface area (Å²) < 4.78 is 2.22. The van der Waals surface area contributed by atoms with E-state index in [-0.39, 0.29) is 0 Å². The first-order chi connectivity index (χ1) is 7.86. The van der Waals surface area contributed by atoms with Crippen LogP contribution in [0, 0.1) is 12.3 Å². The van der Waals surface area contributed by atoms with Crippen molar-refractivity contribution in [2.24, 2.45) is 0 Å². The van der Waals surface area contributed by atoms with Crippen LogP contribution in [0.5, 0.6) is 0 Å². The van der Waals surface area contributed by atoms with Gasteiger partial charge in [0.25, 0.3) is 0 Å².